The fourth-order valence-corrected chi connectivity index (χ4v) is 3.94. The van der Waals surface area contributed by atoms with Crippen molar-refractivity contribution in [1.82, 2.24) is 0 Å². The molecule has 1 saturated carbocycles. The number of amides is 1. The second kappa shape index (κ2) is 7.98. The Labute approximate surface area is 154 Å². The monoisotopic (exact) mass is 363 g/mol. The van der Waals surface area contributed by atoms with Crippen molar-refractivity contribution in [3.05, 3.63) is 23.8 Å². The number of ether oxygens (including phenoxy) is 1. The van der Waals surface area contributed by atoms with Crippen LogP contribution < -0.4 is 5.32 Å². The molecule has 3 atom stereocenters. The number of benzene rings is 1. The number of carboxylic acids is 1. The van der Waals surface area contributed by atoms with E-state index in [-0.39, 0.29) is 17.6 Å². The zero-order valence-corrected chi connectivity index (χ0v) is 15.9. The van der Waals surface area contributed by atoms with Crippen molar-refractivity contribution in [1.29, 1.82) is 0 Å². The minimum Gasteiger partial charge on any atom is -0.506 e. The second-order valence-electron chi connectivity index (χ2n) is 7.92. The number of para-hydroxylation sites is 1. The first-order chi connectivity index (χ1) is 12.1. The quantitative estimate of drug-likeness (QED) is 0.657. The number of hydrogen-bond acceptors (Lipinski definition) is 4. The Morgan fingerprint density at radius 1 is 1.31 bits per heavy atom. The normalized spacial score (nSPS) is 21.2. The van der Waals surface area contributed by atoms with Gasteiger partial charge in [-0.3, -0.25) is 10.1 Å². The van der Waals surface area contributed by atoms with Gasteiger partial charge in [-0.25, -0.2) is 4.79 Å². The van der Waals surface area contributed by atoms with Gasteiger partial charge in [0.25, 0.3) is 0 Å². The van der Waals surface area contributed by atoms with Crippen LogP contribution in [0.15, 0.2) is 18.2 Å². The Morgan fingerprint density at radius 3 is 2.58 bits per heavy atom. The molecule has 2 rings (SSSR count). The molecular weight excluding hydrogens is 334 g/mol. The third kappa shape index (κ3) is 4.68. The van der Waals surface area contributed by atoms with Gasteiger partial charge in [-0.05, 0) is 63.5 Å². The van der Waals surface area contributed by atoms with Crippen molar-refractivity contribution in [2.24, 2.45) is 11.8 Å². The molecule has 0 aromatic heterocycles. The number of aliphatic carboxylic acids is 1. The summed E-state index contributed by atoms with van der Waals surface area (Å²) in [6.45, 7) is 7.30. The minimum atomic E-state index is -0.771. The molecule has 0 bridgehead atoms. The highest BCUT2D eigenvalue weighted by atomic mass is 16.6. The van der Waals surface area contributed by atoms with Crippen LogP contribution in [0.5, 0.6) is 5.75 Å². The van der Waals surface area contributed by atoms with E-state index in [1.165, 1.54) is 6.07 Å². The summed E-state index contributed by atoms with van der Waals surface area (Å²) < 4.78 is 5.29. The second-order valence-corrected chi connectivity index (χ2v) is 7.92. The molecule has 0 saturated heterocycles. The fourth-order valence-electron chi connectivity index (χ4n) is 3.94. The van der Waals surface area contributed by atoms with E-state index in [4.69, 9.17) is 4.74 Å². The van der Waals surface area contributed by atoms with Gasteiger partial charge in [-0.1, -0.05) is 25.5 Å². The van der Waals surface area contributed by atoms with E-state index < -0.39 is 23.6 Å². The number of nitrogens with one attached hydrogen (secondary N) is 1. The van der Waals surface area contributed by atoms with Gasteiger partial charge >= 0.3 is 12.1 Å². The van der Waals surface area contributed by atoms with Crippen LogP contribution in [0.4, 0.5) is 10.5 Å². The summed E-state index contributed by atoms with van der Waals surface area (Å²) in [5.74, 6) is -1.28. The molecule has 1 amide bonds. The van der Waals surface area contributed by atoms with Crippen LogP contribution in [0.1, 0.15) is 64.9 Å². The number of phenols is 1. The first-order valence-corrected chi connectivity index (χ1v) is 9.18. The van der Waals surface area contributed by atoms with E-state index in [0.29, 0.717) is 12.1 Å². The predicted octanol–water partition coefficient (Wildman–Crippen LogP) is 4.73. The molecule has 1 aromatic rings. The van der Waals surface area contributed by atoms with Crippen LogP contribution >= 0.6 is 0 Å². The lowest BCUT2D eigenvalue weighted by molar-refractivity contribution is -0.143. The number of carbonyl (C=O) groups is 2. The highest BCUT2D eigenvalue weighted by molar-refractivity contribution is 5.88. The number of hydrogen-bond donors (Lipinski definition) is 3. The number of phenolic OH excluding ortho intramolecular Hbond substituents is 1. The molecule has 0 aliphatic heterocycles. The average Bonchev–Trinajstić information content (AvgIpc) is 2.99. The standard InChI is InChI=1S/C20H29NO5/c1-5-12(13-8-6-10-15(13)18(23)24)14-9-7-11-16(22)17(14)21-19(25)26-20(2,3)4/h7,9,11-13,15,22H,5-6,8,10H2,1-4H3,(H,21,25)(H,23,24)/t12-,13+,15+/m0/s1. The molecule has 0 unspecified atom stereocenters. The maximum atomic E-state index is 12.2. The first-order valence-electron chi connectivity index (χ1n) is 9.18. The van der Waals surface area contributed by atoms with E-state index in [1.54, 1.807) is 26.8 Å². The third-order valence-corrected chi connectivity index (χ3v) is 4.94. The van der Waals surface area contributed by atoms with Crippen molar-refractivity contribution in [2.45, 2.75) is 64.9 Å². The fraction of sp³-hybridized carbons (Fsp3) is 0.600. The summed E-state index contributed by atoms with van der Waals surface area (Å²) in [6, 6.07) is 5.07. The number of anilines is 1. The SMILES string of the molecule is CC[C@H](c1cccc(O)c1NC(=O)OC(C)(C)C)[C@H]1CCC[C@H]1C(=O)O. The van der Waals surface area contributed by atoms with Crippen LogP contribution in [0.25, 0.3) is 0 Å². The molecule has 6 heteroatoms. The van der Waals surface area contributed by atoms with E-state index in [1.807, 2.05) is 13.0 Å². The van der Waals surface area contributed by atoms with Crippen LogP contribution in [-0.2, 0) is 9.53 Å². The molecule has 144 valence electrons. The maximum absolute atomic E-state index is 12.2. The molecule has 6 nitrogen and oxygen atoms in total. The van der Waals surface area contributed by atoms with E-state index in [0.717, 1.165) is 24.8 Å². The number of aromatic hydroxyl groups is 1. The lowest BCUT2D eigenvalue weighted by Gasteiger charge is -2.29. The largest absolute Gasteiger partial charge is 0.506 e. The average molecular weight is 363 g/mol. The van der Waals surface area contributed by atoms with Gasteiger partial charge in [0.2, 0.25) is 0 Å². The number of carbonyl (C=O) groups excluding carboxylic acids is 1. The Hall–Kier alpha value is -2.24. The third-order valence-electron chi connectivity index (χ3n) is 4.94. The summed E-state index contributed by atoms with van der Waals surface area (Å²) in [4.78, 5) is 23.8. The smallest absolute Gasteiger partial charge is 0.412 e. The number of rotatable bonds is 5. The van der Waals surface area contributed by atoms with Gasteiger partial charge < -0.3 is 14.9 Å². The zero-order chi connectivity index (χ0) is 19.5. The maximum Gasteiger partial charge on any atom is 0.412 e. The Morgan fingerprint density at radius 2 is 2.00 bits per heavy atom. The van der Waals surface area contributed by atoms with Crippen molar-refractivity contribution in [3.8, 4) is 5.75 Å². The lowest BCUT2D eigenvalue weighted by atomic mass is 9.77. The molecule has 3 N–H and O–H groups in total. The summed E-state index contributed by atoms with van der Waals surface area (Å²) in [5.41, 5.74) is 0.416. The van der Waals surface area contributed by atoms with Crippen LogP contribution in [0.3, 0.4) is 0 Å². The topological polar surface area (TPSA) is 95.9 Å². The molecular formula is C20H29NO5. The highest BCUT2D eigenvalue weighted by Gasteiger charge is 2.39. The summed E-state index contributed by atoms with van der Waals surface area (Å²) in [5, 5.41) is 22.5. The van der Waals surface area contributed by atoms with E-state index in [2.05, 4.69) is 5.32 Å². The van der Waals surface area contributed by atoms with Gasteiger partial charge in [0.15, 0.2) is 0 Å². The number of carboxylic acid groups (broad SMARTS) is 1. The summed E-state index contributed by atoms with van der Waals surface area (Å²) in [6.07, 6.45) is 2.46. The van der Waals surface area contributed by atoms with Gasteiger partial charge in [0, 0.05) is 0 Å². The highest BCUT2D eigenvalue weighted by Crippen LogP contribution is 2.46. The van der Waals surface area contributed by atoms with Gasteiger partial charge in [0.1, 0.15) is 11.4 Å². The van der Waals surface area contributed by atoms with E-state index in [9.17, 15) is 19.8 Å². The van der Waals surface area contributed by atoms with Crippen LogP contribution in [0, 0.1) is 11.8 Å². The van der Waals surface area contributed by atoms with Crippen molar-refractivity contribution in [2.75, 3.05) is 5.32 Å². The molecule has 0 radical (unpaired) electrons. The van der Waals surface area contributed by atoms with Crippen LogP contribution in [-0.4, -0.2) is 27.9 Å². The van der Waals surface area contributed by atoms with Gasteiger partial charge in [0.05, 0.1) is 11.6 Å². The Balaban J connectivity index is 2.34. The summed E-state index contributed by atoms with van der Waals surface area (Å²) in [7, 11) is 0. The van der Waals surface area contributed by atoms with Crippen molar-refractivity contribution in [3.63, 3.8) is 0 Å². The molecule has 1 aliphatic carbocycles. The van der Waals surface area contributed by atoms with Crippen molar-refractivity contribution < 1.29 is 24.5 Å². The molecule has 1 fully saturated rings. The predicted molar refractivity (Wildman–Crippen MR) is 99.5 cm³/mol. The zero-order valence-electron chi connectivity index (χ0n) is 15.9. The minimum absolute atomic E-state index is 0.0153. The summed E-state index contributed by atoms with van der Waals surface area (Å²) >= 11 is 0. The molecule has 1 aliphatic rings. The van der Waals surface area contributed by atoms with Gasteiger partial charge in [-0.2, -0.15) is 0 Å². The van der Waals surface area contributed by atoms with E-state index >= 15 is 0 Å². The molecule has 1 aromatic carbocycles. The lowest BCUT2D eigenvalue weighted by Crippen LogP contribution is -2.28. The molecule has 0 spiro atoms. The first kappa shape index (κ1) is 20.1. The van der Waals surface area contributed by atoms with Crippen molar-refractivity contribution >= 4 is 17.7 Å². The molecule has 0 heterocycles. The van der Waals surface area contributed by atoms with Crippen LogP contribution in [0.2, 0.25) is 0 Å². The van der Waals surface area contributed by atoms with Gasteiger partial charge in [-0.15, -0.1) is 0 Å². The Bertz CT molecular complexity index is 665. The Kier molecular flexibility index (Phi) is 6.16. The molecule has 26 heavy (non-hydrogen) atoms.